The van der Waals surface area contributed by atoms with Crippen molar-refractivity contribution in [1.29, 1.82) is 0 Å². The first-order valence-electron chi connectivity index (χ1n) is 3.28. The zero-order chi connectivity index (χ0) is 7.40. The number of rotatable bonds is 2. The Morgan fingerprint density at radius 2 is 1.90 bits per heavy atom. The molecule has 2 heteroatoms. The van der Waals surface area contributed by atoms with E-state index < -0.39 is 0 Å². The minimum atomic E-state index is 0.211. The Morgan fingerprint density at radius 1 is 1.30 bits per heavy atom. The van der Waals surface area contributed by atoms with Gasteiger partial charge in [-0.25, -0.2) is 0 Å². The van der Waals surface area contributed by atoms with Crippen molar-refractivity contribution in [3.05, 3.63) is 30.3 Å². The van der Waals surface area contributed by atoms with E-state index in [9.17, 15) is 0 Å². The van der Waals surface area contributed by atoms with E-state index in [0.717, 1.165) is 5.69 Å². The fraction of sp³-hybridized carbons (Fsp3) is 0.250. The van der Waals surface area contributed by atoms with E-state index in [2.05, 4.69) is 17.9 Å². The van der Waals surface area contributed by atoms with E-state index in [1.54, 1.807) is 0 Å². The summed E-state index contributed by atoms with van der Waals surface area (Å²) in [6, 6.07) is 10.0. The van der Waals surface area contributed by atoms with Gasteiger partial charge in [0.05, 0.1) is 5.37 Å². The van der Waals surface area contributed by atoms with Crippen molar-refractivity contribution in [3.63, 3.8) is 0 Å². The van der Waals surface area contributed by atoms with Crippen molar-refractivity contribution in [2.75, 3.05) is 5.32 Å². The molecule has 0 aliphatic carbocycles. The second-order valence-electron chi connectivity index (χ2n) is 2.19. The van der Waals surface area contributed by atoms with Crippen LogP contribution in [0.4, 0.5) is 5.69 Å². The summed E-state index contributed by atoms with van der Waals surface area (Å²) in [5.41, 5.74) is 1.12. The summed E-state index contributed by atoms with van der Waals surface area (Å²) in [6.07, 6.45) is 0. The highest BCUT2D eigenvalue weighted by atomic mass is 32.1. The molecule has 1 aromatic rings. The number of hydrogen-bond donors (Lipinski definition) is 2. The van der Waals surface area contributed by atoms with E-state index in [4.69, 9.17) is 0 Å². The molecule has 1 rings (SSSR count). The Bertz CT molecular complexity index is 184. The van der Waals surface area contributed by atoms with Crippen LogP contribution < -0.4 is 5.32 Å². The lowest BCUT2D eigenvalue weighted by Gasteiger charge is -2.07. The molecule has 1 unspecified atom stereocenters. The minimum absolute atomic E-state index is 0.211. The molecule has 0 fully saturated rings. The van der Waals surface area contributed by atoms with Gasteiger partial charge in [0.15, 0.2) is 0 Å². The van der Waals surface area contributed by atoms with Crippen LogP contribution in [0.3, 0.4) is 0 Å². The monoisotopic (exact) mass is 153 g/mol. The van der Waals surface area contributed by atoms with Crippen molar-refractivity contribution in [2.24, 2.45) is 0 Å². The summed E-state index contributed by atoms with van der Waals surface area (Å²) in [5.74, 6) is 0. The largest absolute Gasteiger partial charge is 0.374 e. The first-order valence-corrected chi connectivity index (χ1v) is 3.80. The van der Waals surface area contributed by atoms with Gasteiger partial charge in [-0.05, 0) is 19.1 Å². The lowest BCUT2D eigenvalue weighted by molar-refractivity contribution is 1.14. The summed E-state index contributed by atoms with van der Waals surface area (Å²) in [6.45, 7) is 2.00. The summed E-state index contributed by atoms with van der Waals surface area (Å²) in [7, 11) is 0. The quantitative estimate of drug-likeness (QED) is 0.491. The molecule has 10 heavy (non-hydrogen) atoms. The molecule has 0 radical (unpaired) electrons. The highest BCUT2D eigenvalue weighted by molar-refractivity contribution is 7.81. The van der Waals surface area contributed by atoms with Gasteiger partial charge in [0, 0.05) is 5.69 Å². The highest BCUT2D eigenvalue weighted by Gasteiger charge is 1.91. The first-order chi connectivity index (χ1) is 4.79. The van der Waals surface area contributed by atoms with Crippen LogP contribution in [0.15, 0.2) is 30.3 Å². The van der Waals surface area contributed by atoms with Crippen LogP contribution in [0, 0.1) is 0 Å². The standard InChI is InChI=1S/C8H11NS/c1-7(10)9-8-5-3-2-4-6-8/h2-7,9-10H,1H3. The molecule has 1 atom stereocenters. The van der Waals surface area contributed by atoms with Gasteiger partial charge in [-0.1, -0.05) is 18.2 Å². The van der Waals surface area contributed by atoms with Gasteiger partial charge in [0.25, 0.3) is 0 Å². The van der Waals surface area contributed by atoms with Crippen LogP contribution in [0.1, 0.15) is 6.92 Å². The topological polar surface area (TPSA) is 12.0 Å². The highest BCUT2D eigenvalue weighted by Crippen LogP contribution is 2.07. The maximum absolute atomic E-state index is 4.20. The van der Waals surface area contributed by atoms with Gasteiger partial charge < -0.3 is 5.32 Å². The number of anilines is 1. The van der Waals surface area contributed by atoms with Crippen molar-refractivity contribution in [3.8, 4) is 0 Å². The summed E-state index contributed by atoms with van der Waals surface area (Å²) in [5, 5.41) is 3.38. The average molecular weight is 153 g/mol. The van der Waals surface area contributed by atoms with E-state index in [-0.39, 0.29) is 5.37 Å². The van der Waals surface area contributed by atoms with Crippen molar-refractivity contribution < 1.29 is 0 Å². The van der Waals surface area contributed by atoms with Gasteiger partial charge >= 0.3 is 0 Å². The van der Waals surface area contributed by atoms with Crippen LogP contribution in [0.2, 0.25) is 0 Å². The van der Waals surface area contributed by atoms with E-state index in [1.807, 2.05) is 37.3 Å². The predicted octanol–water partition coefficient (Wildman–Crippen LogP) is 2.37. The molecular formula is C8H11NS. The molecule has 0 aliphatic rings. The minimum Gasteiger partial charge on any atom is -0.374 e. The van der Waals surface area contributed by atoms with Gasteiger partial charge in [-0.15, -0.1) is 0 Å². The zero-order valence-corrected chi connectivity index (χ0v) is 6.81. The molecule has 0 aromatic heterocycles. The molecule has 54 valence electrons. The van der Waals surface area contributed by atoms with Gasteiger partial charge in [-0.3, -0.25) is 0 Å². The molecule has 1 N–H and O–H groups in total. The molecule has 0 spiro atoms. The number of hydrogen-bond acceptors (Lipinski definition) is 2. The molecule has 0 saturated carbocycles. The SMILES string of the molecule is CC(S)Nc1ccccc1. The molecular weight excluding hydrogens is 142 g/mol. The lowest BCUT2D eigenvalue weighted by atomic mass is 10.3. The second kappa shape index (κ2) is 3.52. The molecule has 1 aromatic carbocycles. The van der Waals surface area contributed by atoms with Crippen LogP contribution >= 0.6 is 12.6 Å². The number of thiol groups is 1. The Hall–Kier alpha value is -0.630. The summed E-state index contributed by atoms with van der Waals surface area (Å²) >= 11 is 4.20. The van der Waals surface area contributed by atoms with Crippen molar-refractivity contribution in [1.82, 2.24) is 0 Å². The van der Waals surface area contributed by atoms with Crippen LogP contribution in [0.25, 0.3) is 0 Å². The Labute approximate surface area is 66.9 Å². The van der Waals surface area contributed by atoms with Gasteiger partial charge in [0.2, 0.25) is 0 Å². The van der Waals surface area contributed by atoms with Crippen LogP contribution in [-0.2, 0) is 0 Å². The Balaban J connectivity index is 2.59. The van der Waals surface area contributed by atoms with E-state index in [1.165, 1.54) is 0 Å². The van der Waals surface area contributed by atoms with Crippen LogP contribution in [0.5, 0.6) is 0 Å². The second-order valence-corrected chi connectivity index (χ2v) is 2.96. The van der Waals surface area contributed by atoms with Crippen molar-refractivity contribution >= 4 is 18.3 Å². The average Bonchev–Trinajstić information content (AvgIpc) is 1.88. The predicted molar refractivity (Wildman–Crippen MR) is 48.5 cm³/mol. The van der Waals surface area contributed by atoms with Crippen molar-refractivity contribution in [2.45, 2.75) is 12.3 Å². The number of benzene rings is 1. The molecule has 0 aliphatic heterocycles. The number of para-hydroxylation sites is 1. The van der Waals surface area contributed by atoms with E-state index >= 15 is 0 Å². The van der Waals surface area contributed by atoms with Gasteiger partial charge in [0.1, 0.15) is 0 Å². The summed E-state index contributed by atoms with van der Waals surface area (Å²) in [4.78, 5) is 0. The molecule has 0 heterocycles. The Kier molecular flexibility index (Phi) is 2.63. The molecule has 0 saturated heterocycles. The Morgan fingerprint density at radius 3 is 2.40 bits per heavy atom. The third-order valence-electron chi connectivity index (χ3n) is 1.15. The van der Waals surface area contributed by atoms with Gasteiger partial charge in [-0.2, -0.15) is 12.6 Å². The fourth-order valence-corrected chi connectivity index (χ4v) is 0.925. The molecule has 1 nitrogen and oxygen atoms in total. The zero-order valence-electron chi connectivity index (χ0n) is 5.91. The first kappa shape index (κ1) is 7.48. The molecule has 0 bridgehead atoms. The number of nitrogens with one attached hydrogen (secondary N) is 1. The summed E-state index contributed by atoms with van der Waals surface area (Å²) < 4.78 is 0. The maximum atomic E-state index is 4.20. The smallest absolute Gasteiger partial charge is 0.0664 e. The maximum Gasteiger partial charge on any atom is 0.0664 e. The molecule has 0 amide bonds. The lowest BCUT2D eigenvalue weighted by Crippen LogP contribution is -2.05. The third-order valence-corrected chi connectivity index (χ3v) is 1.28. The fourth-order valence-electron chi connectivity index (χ4n) is 0.776. The van der Waals surface area contributed by atoms with E-state index in [0.29, 0.717) is 0 Å². The van der Waals surface area contributed by atoms with Crippen LogP contribution in [-0.4, -0.2) is 5.37 Å². The third kappa shape index (κ3) is 2.31. The normalized spacial score (nSPS) is 12.6.